The number of nitrogen functional groups attached to an aromatic ring is 1. The van der Waals surface area contributed by atoms with Gasteiger partial charge in [0, 0.05) is 49.9 Å². The molecule has 3 unspecified atom stereocenters. The zero-order chi connectivity index (χ0) is 36.7. The quantitative estimate of drug-likeness (QED) is 0.233. The van der Waals surface area contributed by atoms with Crippen LogP contribution in [0, 0.1) is 11.8 Å². The van der Waals surface area contributed by atoms with Crippen LogP contribution in [0.4, 0.5) is 11.5 Å². The van der Waals surface area contributed by atoms with Crippen molar-refractivity contribution < 1.29 is 23.9 Å². The molecule has 14 nitrogen and oxygen atoms in total. The molecule has 1 saturated carbocycles. The summed E-state index contributed by atoms with van der Waals surface area (Å²) in [6.45, 7) is 3.70. The second kappa shape index (κ2) is 12.5. The number of aromatic nitrogens is 4. The Hall–Kier alpha value is -6.15. The van der Waals surface area contributed by atoms with Gasteiger partial charge in [0.1, 0.15) is 35.4 Å². The summed E-state index contributed by atoms with van der Waals surface area (Å²) in [5.41, 5.74) is 10.4. The number of hydrogen-bond acceptors (Lipinski definition) is 11. The van der Waals surface area contributed by atoms with Crippen LogP contribution in [0.15, 0.2) is 79.1 Å². The molecule has 1 aliphatic carbocycles. The Morgan fingerprint density at radius 3 is 2.24 bits per heavy atom. The van der Waals surface area contributed by atoms with Gasteiger partial charge in [-0.2, -0.15) is 5.10 Å². The Balaban J connectivity index is 0.792. The molecule has 10 rings (SSSR count). The molecule has 3 saturated heterocycles. The van der Waals surface area contributed by atoms with Gasteiger partial charge < -0.3 is 15.4 Å². The summed E-state index contributed by atoms with van der Waals surface area (Å²) in [4.78, 5) is 65.4. The molecule has 14 heteroatoms. The van der Waals surface area contributed by atoms with Crippen molar-refractivity contribution in [3.63, 3.8) is 0 Å². The minimum atomic E-state index is -0.972. The van der Waals surface area contributed by atoms with Gasteiger partial charge in [-0.15, -0.1) is 0 Å². The standard InChI is InChI=1S/C40H37N9O5/c41-36-34-35(22-6-9-29(10-7-22)54-28-4-2-1-3-5-28)45-49(37(34)43-21-42-36)26-14-23-17-46(18-24(23)15-26)27-19-47(20-27)25-8-11-30-31(16-25)40(53)48(39(30)52)32-12-13-33(50)44-38(32)51/h1-11,16,21,23-24,26-27,32H,12-15,17-20H2,(H2,41,42,43)(H,44,50,51). The highest BCUT2D eigenvalue weighted by Gasteiger charge is 2.48. The Morgan fingerprint density at radius 2 is 1.50 bits per heavy atom. The van der Waals surface area contributed by atoms with Crippen molar-refractivity contribution in [3.8, 4) is 22.8 Å². The topological polar surface area (TPSA) is 169 Å². The number of fused-ring (bicyclic) bond motifs is 3. The average Bonchev–Trinajstić information content (AvgIpc) is 3.90. The third-order valence-corrected chi connectivity index (χ3v) is 11.9. The van der Waals surface area contributed by atoms with E-state index < -0.39 is 29.7 Å². The first-order chi connectivity index (χ1) is 26.3. The Labute approximate surface area is 309 Å². The maximum Gasteiger partial charge on any atom is 0.262 e. The van der Waals surface area contributed by atoms with Crippen LogP contribution >= 0.6 is 0 Å². The highest BCUT2D eigenvalue weighted by molar-refractivity contribution is 6.23. The first kappa shape index (κ1) is 32.5. The molecule has 4 aliphatic heterocycles. The lowest BCUT2D eigenvalue weighted by Crippen LogP contribution is -2.59. The minimum absolute atomic E-state index is 0.0931. The molecule has 0 radical (unpaired) electrons. The summed E-state index contributed by atoms with van der Waals surface area (Å²) < 4.78 is 8.08. The van der Waals surface area contributed by atoms with Crippen LogP contribution in [-0.4, -0.2) is 91.4 Å². The molecule has 5 aromatic rings. The average molecular weight is 724 g/mol. The molecule has 5 aliphatic rings. The number of hydrogen-bond donors (Lipinski definition) is 2. The first-order valence-corrected chi connectivity index (χ1v) is 18.5. The number of carbonyl (C=O) groups is 4. The molecule has 6 heterocycles. The van der Waals surface area contributed by atoms with E-state index in [9.17, 15) is 19.2 Å². The van der Waals surface area contributed by atoms with E-state index in [0.29, 0.717) is 34.8 Å². The number of piperidine rings is 1. The van der Waals surface area contributed by atoms with Gasteiger partial charge in [0.05, 0.1) is 22.6 Å². The van der Waals surface area contributed by atoms with E-state index in [1.165, 1.54) is 6.33 Å². The zero-order valence-electron chi connectivity index (χ0n) is 29.3. The summed E-state index contributed by atoms with van der Waals surface area (Å²) in [5.74, 6) is 1.04. The summed E-state index contributed by atoms with van der Waals surface area (Å²) in [6, 6.07) is 22.5. The van der Waals surface area contributed by atoms with Crippen molar-refractivity contribution in [2.75, 3.05) is 36.8 Å². The number of nitrogens with zero attached hydrogens (tertiary/aromatic N) is 7. The number of para-hydroxylation sites is 1. The zero-order valence-corrected chi connectivity index (χ0v) is 29.3. The predicted octanol–water partition coefficient (Wildman–Crippen LogP) is 4.04. The Bertz CT molecular complexity index is 2340. The van der Waals surface area contributed by atoms with Gasteiger partial charge in [0.25, 0.3) is 11.8 Å². The molecule has 0 bridgehead atoms. The van der Waals surface area contributed by atoms with Crippen molar-refractivity contribution in [1.29, 1.82) is 0 Å². The van der Waals surface area contributed by atoms with Gasteiger partial charge in [-0.05, 0) is 85.7 Å². The predicted molar refractivity (Wildman–Crippen MR) is 198 cm³/mol. The Kier molecular flexibility index (Phi) is 7.51. The molecular formula is C40H37N9O5. The molecule has 272 valence electrons. The van der Waals surface area contributed by atoms with E-state index >= 15 is 0 Å². The number of anilines is 2. The number of nitrogens with one attached hydrogen (secondary N) is 1. The normalized spacial score (nSPS) is 24.2. The lowest BCUT2D eigenvalue weighted by atomic mass is 10.0. The molecule has 54 heavy (non-hydrogen) atoms. The Morgan fingerprint density at radius 1 is 0.778 bits per heavy atom. The van der Waals surface area contributed by atoms with Gasteiger partial charge in [-0.25, -0.2) is 14.6 Å². The van der Waals surface area contributed by atoms with Crippen LogP contribution in [0.2, 0.25) is 0 Å². The van der Waals surface area contributed by atoms with Crippen molar-refractivity contribution in [1.82, 2.24) is 34.9 Å². The third kappa shape index (κ3) is 5.31. The van der Waals surface area contributed by atoms with Crippen LogP contribution in [0.5, 0.6) is 11.5 Å². The maximum absolute atomic E-state index is 13.3. The molecule has 3 atom stereocenters. The number of nitrogens with two attached hydrogens (primary N) is 1. The van der Waals surface area contributed by atoms with Gasteiger partial charge >= 0.3 is 0 Å². The molecule has 0 spiro atoms. The third-order valence-electron chi connectivity index (χ3n) is 11.9. The first-order valence-electron chi connectivity index (χ1n) is 18.5. The fourth-order valence-corrected chi connectivity index (χ4v) is 9.11. The SMILES string of the molecule is Nc1ncnc2c1c(-c1ccc(Oc3ccccc3)cc1)nn2C1CC2CN(C3CN(c4ccc5c(c4)C(=O)N(C4CCC(=O)NC4=O)C5=O)C3)CC2C1. The summed E-state index contributed by atoms with van der Waals surface area (Å²) in [6.07, 6.45) is 3.76. The van der Waals surface area contributed by atoms with Crippen LogP contribution in [0.3, 0.4) is 0 Å². The van der Waals surface area contributed by atoms with E-state index in [1.54, 1.807) is 12.1 Å². The lowest BCUT2D eigenvalue weighted by Gasteiger charge is -2.46. The van der Waals surface area contributed by atoms with Crippen LogP contribution in [0.1, 0.15) is 52.4 Å². The summed E-state index contributed by atoms with van der Waals surface area (Å²) in [7, 11) is 0. The molecule has 4 fully saturated rings. The highest BCUT2D eigenvalue weighted by atomic mass is 16.5. The van der Waals surface area contributed by atoms with Gasteiger partial charge in [-0.1, -0.05) is 18.2 Å². The van der Waals surface area contributed by atoms with E-state index in [2.05, 4.69) is 29.8 Å². The number of likely N-dealkylation sites (tertiary alicyclic amines) is 1. The number of ether oxygens (including phenoxy) is 1. The number of benzene rings is 3. The van der Waals surface area contributed by atoms with Crippen LogP contribution in [-0.2, 0) is 9.59 Å². The molecule has 4 amide bonds. The van der Waals surface area contributed by atoms with Crippen LogP contribution in [0.25, 0.3) is 22.3 Å². The molecule has 3 N–H and O–H groups in total. The number of rotatable bonds is 7. The number of carbonyl (C=O) groups excluding carboxylic acids is 4. The minimum Gasteiger partial charge on any atom is -0.457 e. The van der Waals surface area contributed by atoms with Crippen molar-refractivity contribution in [2.45, 2.75) is 43.8 Å². The molecule has 2 aromatic heterocycles. The fourth-order valence-electron chi connectivity index (χ4n) is 9.11. The smallest absolute Gasteiger partial charge is 0.262 e. The monoisotopic (exact) mass is 723 g/mol. The van der Waals surface area contributed by atoms with E-state index in [1.807, 2.05) is 60.7 Å². The van der Waals surface area contributed by atoms with E-state index in [4.69, 9.17) is 15.6 Å². The number of imide groups is 2. The van der Waals surface area contributed by atoms with Gasteiger partial charge in [0.15, 0.2) is 5.65 Å². The summed E-state index contributed by atoms with van der Waals surface area (Å²) in [5, 5.41) is 8.15. The second-order valence-corrected chi connectivity index (χ2v) is 15.0. The molecule has 3 aromatic carbocycles. The van der Waals surface area contributed by atoms with Crippen molar-refractivity contribution in [3.05, 3.63) is 90.3 Å². The summed E-state index contributed by atoms with van der Waals surface area (Å²) >= 11 is 0. The van der Waals surface area contributed by atoms with E-state index in [0.717, 1.165) is 83.4 Å². The maximum atomic E-state index is 13.3. The van der Waals surface area contributed by atoms with Gasteiger partial charge in [0.2, 0.25) is 11.8 Å². The highest BCUT2D eigenvalue weighted by Crippen LogP contribution is 2.47. The lowest BCUT2D eigenvalue weighted by molar-refractivity contribution is -0.136. The molecular weight excluding hydrogens is 686 g/mol. The second-order valence-electron chi connectivity index (χ2n) is 15.0. The fraction of sp³-hybridized carbons (Fsp3) is 0.325. The largest absolute Gasteiger partial charge is 0.457 e. The number of amides is 4. The van der Waals surface area contributed by atoms with E-state index in [-0.39, 0.29) is 18.9 Å². The van der Waals surface area contributed by atoms with Crippen molar-refractivity contribution >= 4 is 46.2 Å². The van der Waals surface area contributed by atoms with Crippen LogP contribution < -0.4 is 20.7 Å². The van der Waals surface area contributed by atoms with Gasteiger partial charge in [-0.3, -0.25) is 34.3 Å². The van der Waals surface area contributed by atoms with Crippen molar-refractivity contribution in [2.24, 2.45) is 11.8 Å².